The summed E-state index contributed by atoms with van der Waals surface area (Å²) in [4.78, 5) is 11.7. The van der Waals surface area contributed by atoms with Crippen LogP contribution in [0.2, 0.25) is 0 Å². The van der Waals surface area contributed by atoms with Gasteiger partial charge in [-0.05, 0) is 36.8 Å². The Morgan fingerprint density at radius 3 is 2.36 bits per heavy atom. The summed E-state index contributed by atoms with van der Waals surface area (Å²) in [6.45, 7) is 1.63. The number of anilines is 1. The SMILES string of the molecule is COC(=O)c1cccc(NS(=O)(=O)c2cc(OC)ccc2OC)c1C. The highest BCUT2D eigenvalue weighted by atomic mass is 32.2. The minimum atomic E-state index is -3.97. The number of nitrogens with one attached hydrogen (secondary N) is 1. The minimum absolute atomic E-state index is 0.0720. The van der Waals surface area contributed by atoms with Crippen molar-refractivity contribution in [3.8, 4) is 11.5 Å². The number of carbonyl (C=O) groups excluding carboxylic acids is 1. The van der Waals surface area contributed by atoms with Gasteiger partial charge in [-0.25, -0.2) is 13.2 Å². The maximum atomic E-state index is 12.8. The third-order valence-electron chi connectivity index (χ3n) is 3.64. The van der Waals surface area contributed by atoms with Gasteiger partial charge in [0.1, 0.15) is 16.4 Å². The predicted molar refractivity (Wildman–Crippen MR) is 92.9 cm³/mol. The lowest BCUT2D eigenvalue weighted by molar-refractivity contribution is 0.0600. The Kier molecular flexibility index (Phi) is 5.53. The first kappa shape index (κ1) is 18.6. The molecule has 134 valence electrons. The van der Waals surface area contributed by atoms with E-state index in [0.717, 1.165) is 0 Å². The molecule has 0 aliphatic heterocycles. The normalized spacial score (nSPS) is 10.9. The smallest absolute Gasteiger partial charge is 0.338 e. The molecule has 0 aromatic heterocycles. The highest BCUT2D eigenvalue weighted by Gasteiger charge is 2.22. The van der Waals surface area contributed by atoms with Crippen LogP contribution in [0, 0.1) is 6.92 Å². The van der Waals surface area contributed by atoms with E-state index in [1.54, 1.807) is 31.2 Å². The number of esters is 1. The topological polar surface area (TPSA) is 90.9 Å². The summed E-state index contributed by atoms with van der Waals surface area (Å²) in [5, 5.41) is 0. The van der Waals surface area contributed by atoms with E-state index in [1.165, 1.54) is 33.5 Å². The lowest BCUT2D eigenvalue weighted by Crippen LogP contribution is -2.16. The first-order chi connectivity index (χ1) is 11.8. The molecule has 0 amide bonds. The molecule has 1 N–H and O–H groups in total. The molecule has 0 unspecified atom stereocenters. The fourth-order valence-electron chi connectivity index (χ4n) is 2.27. The third kappa shape index (κ3) is 3.85. The zero-order valence-corrected chi connectivity index (χ0v) is 15.1. The number of hydrogen-bond donors (Lipinski definition) is 1. The van der Waals surface area contributed by atoms with Crippen LogP contribution >= 0.6 is 0 Å². The molecule has 0 saturated carbocycles. The Morgan fingerprint density at radius 1 is 1.04 bits per heavy atom. The fraction of sp³-hybridized carbons (Fsp3) is 0.235. The third-order valence-corrected chi connectivity index (χ3v) is 5.03. The second kappa shape index (κ2) is 7.43. The summed E-state index contributed by atoms with van der Waals surface area (Å²) >= 11 is 0. The average molecular weight is 365 g/mol. The van der Waals surface area contributed by atoms with Crippen LogP contribution in [-0.4, -0.2) is 35.7 Å². The molecule has 2 aromatic carbocycles. The van der Waals surface area contributed by atoms with E-state index in [1.807, 2.05) is 0 Å². The van der Waals surface area contributed by atoms with Crippen molar-refractivity contribution in [2.75, 3.05) is 26.1 Å². The van der Waals surface area contributed by atoms with Crippen LogP contribution in [0.1, 0.15) is 15.9 Å². The Bertz CT molecular complexity index is 892. The zero-order chi connectivity index (χ0) is 18.6. The number of methoxy groups -OCH3 is 3. The van der Waals surface area contributed by atoms with Crippen LogP contribution in [0.15, 0.2) is 41.3 Å². The second-order valence-corrected chi connectivity index (χ2v) is 6.74. The quantitative estimate of drug-likeness (QED) is 0.791. The van der Waals surface area contributed by atoms with Gasteiger partial charge in [-0.15, -0.1) is 0 Å². The van der Waals surface area contributed by atoms with Crippen molar-refractivity contribution in [2.45, 2.75) is 11.8 Å². The maximum absolute atomic E-state index is 12.8. The molecule has 0 atom stereocenters. The summed E-state index contributed by atoms with van der Waals surface area (Å²) in [5.41, 5.74) is 1.01. The van der Waals surface area contributed by atoms with Crippen LogP contribution in [0.4, 0.5) is 5.69 Å². The standard InChI is InChI=1S/C17H19NO6S/c1-11-13(17(19)24-4)6-5-7-14(11)18-25(20,21)16-10-12(22-2)8-9-15(16)23-3/h5-10,18H,1-4H3. The summed E-state index contributed by atoms with van der Waals surface area (Å²) in [5.74, 6) is 0.00814. The number of hydrogen-bond acceptors (Lipinski definition) is 6. The molecular formula is C17H19NO6S. The summed E-state index contributed by atoms with van der Waals surface area (Å²) in [6.07, 6.45) is 0. The maximum Gasteiger partial charge on any atom is 0.338 e. The molecule has 25 heavy (non-hydrogen) atoms. The highest BCUT2D eigenvalue weighted by molar-refractivity contribution is 7.92. The van der Waals surface area contributed by atoms with Crippen molar-refractivity contribution >= 4 is 21.7 Å². The molecule has 0 bridgehead atoms. The van der Waals surface area contributed by atoms with E-state index in [0.29, 0.717) is 11.3 Å². The molecule has 7 nitrogen and oxygen atoms in total. The van der Waals surface area contributed by atoms with Crippen LogP contribution in [0.25, 0.3) is 0 Å². The number of ether oxygens (including phenoxy) is 3. The van der Waals surface area contributed by atoms with Crippen molar-refractivity contribution < 1.29 is 27.4 Å². The van der Waals surface area contributed by atoms with Gasteiger partial charge in [-0.3, -0.25) is 4.72 Å². The summed E-state index contributed by atoms with van der Waals surface area (Å²) < 4.78 is 43.0. The van der Waals surface area contributed by atoms with Gasteiger partial charge in [0.05, 0.1) is 32.6 Å². The number of benzene rings is 2. The van der Waals surface area contributed by atoms with Crippen LogP contribution in [0.3, 0.4) is 0 Å². The van der Waals surface area contributed by atoms with Gasteiger partial charge in [-0.2, -0.15) is 0 Å². The summed E-state index contributed by atoms with van der Waals surface area (Å²) in [7, 11) is 0.115. The first-order valence-corrected chi connectivity index (χ1v) is 8.75. The molecule has 0 fully saturated rings. The molecule has 0 aliphatic carbocycles. The molecular weight excluding hydrogens is 346 g/mol. The average Bonchev–Trinajstić information content (AvgIpc) is 2.62. The van der Waals surface area contributed by atoms with E-state index >= 15 is 0 Å². The molecule has 0 aliphatic rings. The Morgan fingerprint density at radius 2 is 1.76 bits per heavy atom. The van der Waals surface area contributed by atoms with Crippen molar-refractivity contribution in [1.82, 2.24) is 0 Å². The predicted octanol–water partition coefficient (Wildman–Crippen LogP) is 2.60. The van der Waals surface area contributed by atoms with E-state index in [9.17, 15) is 13.2 Å². The van der Waals surface area contributed by atoms with Gasteiger partial charge in [0.25, 0.3) is 10.0 Å². The number of sulfonamides is 1. The van der Waals surface area contributed by atoms with Gasteiger partial charge < -0.3 is 14.2 Å². The summed E-state index contributed by atoms with van der Waals surface area (Å²) in [6, 6.07) is 9.16. The zero-order valence-electron chi connectivity index (χ0n) is 14.3. The molecule has 8 heteroatoms. The minimum Gasteiger partial charge on any atom is -0.497 e. The molecule has 0 spiro atoms. The van der Waals surface area contributed by atoms with Crippen LogP contribution in [0.5, 0.6) is 11.5 Å². The largest absolute Gasteiger partial charge is 0.497 e. The molecule has 0 radical (unpaired) electrons. The monoisotopic (exact) mass is 365 g/mol. The van der Waals surface area contributed by atoms with E-state index in [4.69, 9.17) is 14.2 Å². The number of carbonyl (C=O) groups is 1. The van der Waals surface area contributed by atoms with Gasteiger partial charge in [0.15, 0.2) is 0 Å². The van der Waals surface area contributed by atoms with Crippen molar-refractivity contribution in [3.05, 3.63) is 47.5 Å². The highest BCUT2D eigenvalue weighted by Crippen LogP contribution is 2.31. The van der Waals surface area contributed by atoms with Crippen molar-refractivity contribution in [1.29, 1.82) is 0 Å². The molecule has 2 aromatic rings. The van der Waals surface area contributed by atoms with Crippen LogP contribution < -0.4 is 14.2 Å². The molecule has 0 heterocycles. The van der Waals surface area contributed by atoms with Gasteiger partial charge >= 0.3 is 5.97 Å². The molecule has 0 saturated heterocycles. The van der Waals surface area contributed by atoms with Gasteiger partial charge in [0, 0.05) is 6.07 Å². The second-order valence-electron chi connectivity index (χ2n) is 5.09. The lowest BCUT2D eigenvalue weighted by Gasteiger charge is -2.15. The molecule has 2 rings (SSSR count). The van der Waals surface area contributed by atoms with Crippen molar-refractivity contribution in [2.24, 2.45) is 0 Å². The van der Waals surface area contributed by atoms with E-state index < -0.39 is 16.0 Å². The fourth-order valence-corrected chi connectivity index (χ4v) is 3.58. The Balaban J connectivity index is 2.48. The van der Waals surface area contributed by atoms with E-state index in [2.05, 4.69) is 4.72 Å². The van der Waals surface area contributed by atoms with Crippen molar-refractivity contribution in [3.63, 3.8) is 0 Å². The Labute approximate surface area is 146 Å². The van der Waals surface area contributed by atoms with Gasteiger partial charge in [0.2, 0.25) is 0 Å². The van der Waals surface area contributed by atoms with Crippen LogP contribution in [-0.2, 0) is 14.8 Å². The lowest BCUT2D eigenvalue weighted by atomic mass is 10.1. The Hall–Kier alpha value is -2.74. The first-order valence-electron chi connectivity index (χ1n) is 7.26. The van der Waals surface area contributed by atoms with Gasteiger partial charge in [-0.1, -0.05) is 6.07 Å². The van der Waals surface area contributed by atoms with E-state index in [-0.39, 0.29) is 21.9 Å². The number of rotatable bonds is 6.